The summed E-state index contributed by atoms with van der Waals surface area (Å²) >= 11 is 0. The van der Waals surface area contributed by atoms with E-state index in [-0.39, 0.29) is 11.8 Å². The number of nitriles is 1. The molecule has 2 aromatic carbocycles. The van der Waals surface area contributed by atoms with Gasteiger partial charge < -0.3 is 9.84 Å². The topological polar surface area (TPSA) is 95.2 Å². The summed E-state index contributed by atoms with van der Waals surface area (Å²) in [5.41, 5.74) is 2.26. The first-order valence-electron chi connectivity index (χ1n) is 10.4. The number of pyridine rings is 1. The Kier molecular flexibility index (Phi) is 5.23. The van der Waals surface area contributed by atoms with Crippen molar-refractivity contribution >= 4 is 5.91 Å². The highest BCUT2D eigenvalue weighted by molar-refractivity contribution is 5.85. The molecule has 3 aromatic rings. The van der Waals surface area contributed by atoms with Crippen LogP contribution in [0.5, 0.6) is 11.6 Å². The Morgan fingerprint density at radius 3 is 2.38 bits per heavy atom. The third-order valence-corrected chi connectivity index (χ3v) is 6.00. The van der Waals surface area contributed by atoms with Crippen LogP contribution in [-0.2, 0) is 10.4 Å². The van der Waals surface area contributed by atoms with Gasteiger partial charge in [-0.25, -0.2) is 4.98 Å². The minimum Gasteiger partial charge on any atom is -0.438 e. The third-order valence-electron chi connectivity index (χ3n) is 6.00. The van der Waals surface area contributed by atoms with Crippen LogP contribution in [0, 0.1) is 16.9 Å². The van der Waals surface area contributed by atoms with Gasteiger partial charge in [0.2, 0.25) is 11.8 Å². The maximum atomic E-state index is 12.8. The fourth-order valence-corrected chi connectivity index (χ4v) is 4.17. The van der Waals surface area contributed by atoms with Gasteiger partial charge >= 0.3 is 0 Å². The molecule has 0 radical (unpaired) electrons. The number of fused-ring (bicyclic) bond motifs is 2. The van der Waals surface area contributed by atoms with E-state index in [1.165, 1.54) is 0 Å². The molecule has 0 spiro atoms. The first-order valence-corrected chi connectivity index (χ1v) is 10.4. The fourth-order valence-electron chi connectivity index (χ4n) is 4.17. The number of rotatable bonds is 4. The average molecular weight is 428 g/mol. The molecular formula is C26H25N3O3. The van der Waals surface area contributed by atoms with E-state index in [1.807, 2.05) is 74.5 Å². The van der Waals surface area contributed by atoms with Crippen LogP contribution in [0.4, 0.5) is 0 Å². The Balaban J connectivity index is 1.80. The number of benzene rings is 2. The lowest BCUT2D eigenvalue weighted by molar-refractivity contribution is -0.128. The van der Waals surface area contributed by atoms with Crippen LogP contribution in [0.25, 0.3) is 11.3 Å². The molecule has 1 amide bonds. The largest absolute Gasteiger partial charge is 0.438 e. The second-order valence-corrected chi connectivity index (χ2v) is 9.09. The molecule has 0 aliphatic carbocycles. The Labute approximate surface area is 187 Å². The van der Waals surface area contributed by atoms with Crippen LogP contribution >= 0.6 is 0 Å². The maximum Gasteiger partial charge on any atom is 0.239 e. The van der Waals surface area contributed by atoms with Crippen molar-refractivity contribution < 1.29 is 14.6 Å². The van der Waals surface area contributed by atoms with E-state index >= 15 is 0 Å². The van der Waals surface area contributed by atoms with E-state index in [0.29, 0.717) is 11.6 Å². The zero-order chi connectivity index (χ0) is 23.1. The number of nitrogens with zero attached hydrogens (tertiary/aromatic N) is 2. The fraction of sp³-hybridized carbons (Fsp3) is 0.269. The minimum atomic E-state index is -0.919. The molecular weight excluding hydrogens is 402 g/mol. The molecule has 0 saturated heterocycles. The standard InChI is InChI=1S/C26H25N3O3/c1-25(2,24(30)28-15-27)22-18-7-5-6-8-21(18)32-23-19(22)13-14-20(29-23)16-9-11-17(12-10-16)26(3,4)31/h5-14,22,31H,1-4H3,(H,28,30)/t22-/m0/s1. The van der Waals surface area contributed by atoms with Crippen molar-refractivity contribution in [1.29, 1.82) is 5.26 Å². The number of carbonyl (C=O) groups is 1. The van der Waals surface area contributed by atoms with Gasteiger partial charge in [-0.15, -0.1) is 0 Å². The molecule has 0 fully saturated rings. The lowest BCUT2D eigenvalue weighted by Gasteiger charge is -2.37. The van der Waals surface area contributed by atoms with E-state index in [2.05, 4.69) is 5.32 Å². The highest BCUT2D eigenvalue weighted by atomic mass is 16.5. The van der Waals surface area contributed by atoms with Gasteiger partial charge in [0.15, 0.2) is 6.19 Å². The number of hydrogen-bond donors (Lipinski definition) is 2. The number of nitrogens with one attached hydrogen (secondary N) is 1. The molecule has 1 aromatic heterocycles. The number of aliphatic hydroxyl groups is 1. The zero-order valence-corrected chi connectivity index (χ0v) is 18.5. The molecule has 1 aliphatic heterocycles. The molecule has 0 unspecified atom stereocenters. The van der Waals surface area contributed by atoms with Crippen molar-refractivity contribution in [2.45, 2.75) is 39.2 Å². The summed E-state index contributed by atoms with van der Waals surface area (Å²) in [6.07, 6.45) is 1.74. The van der Waals surface area contributed by atoms with E-state index in [9.17, 15) is 9.90 Å². The van der Waals surface area contributed by atoms with Gasteiger partial charge in [0.05, 0.1) is 16.7 Å². The van der Waals surface area contributed by atoms with E-state index in [4.69, 9.17) is 15.0 Å². The van der Waals surface area contributed by atoms with E-state index < -0.39 is 11.0 Å². The quantitative estimate of drug-likeness (QED) is 0.459. The van der Waals surface area contributed by atoms with Gasteiger partial charge in [-0.05, 0) is 31.5 Å². The molecule has 32 heavy (non-hydrogen) atoms. The summed E-state index contributed by atoms with van der Waals surface area (Å²) in [7, 11) is 0. The number of hydrogen-bond acceptors (Lipinski definition) is 5. The van der Waals surface area contributed by atoms with E-state index in [0.717, 1.165) is 27.9 Å². The lowest BCUT2D eigenvalue weighted by Crippen LogP contribution is -2.40. The number of amides is 1. The zero-order valence-electron chi connectivity index (χ0n) is 18.5. The van der Waals surface area contributed by atoms with Gasteiger partial charge in [0.1, 0.15) is 5.75 Å². The predicted octanol–water partition coefficient (Wildman–Crippen LogP) is 4.84. The first kappa shape index (κ1) is 21.5. The second-order valence-electron chi connectivity index (χ2n) is 9.09. The third kappa shape index (κ3) is 3.72. The van der Waals surface area contributed by atoms with Gasteiger partial charge in [-0.2, -0.15) is 5.26 Å². The molecule has 162 valence electrons. The smallest absolute Gasteiger partial charge is 0.239 e. The van der Waals surface area contributed by atoms with Crippen molar-refractivity contribution in [2.24, 2.45) is 5.41 Å². The van der Waals surface area contributed by atoms with Crippen molar-refractivity contribution in [3.63, 3.8) is 0 Å². The van der Waals surface area contributed by atoms with Crippen molar-refractivity contribution in [3.8, 4) is 29.1 Å². The molecule has 4 rings (SSSR count). The van der Waals surface area contributed by atoms with Gasteiger partial charge in [-0.3, -0.25) is 10.1 Å². The summed E-state index contributed by atoms with van der Waals surface area (Å²) in [5, 5.41) is 21.5. The van der Waals surface area contributed by atoms with Gasteiger partial charge in [0.25, 0.3) is 0 Å². The molecule has 0 bridgehead atoms. The SMILES string of the molecule is CC(C)(O)c1ccc(-c2ccc3c(n2)Oc2ccccc2[C@@H]3C(C)(C)C(=O)NC#N)cc1. The number of aromatic nitrogens is 1. The first-order chi connectivity index (χ1) is 15.1. The summed E-state index contributed by atoms with van der Waals surface area (Å²) in [6, 6.07) is 19.0. The minimum absolute atomic E-state index is 0.338. The van der Waals surface area contributed by atoms with Crippen molar-refractivity contribution in [3.05, 3.63) is 77.4 Å². The highest BCUT2D eigenvalue weighted by Gasteiger charge is 2.44. The average Bonchev–Trinajstić information content (AvgIpc) is 2.76. The molecule has 0 saturated carbocycles. The molecule has 1 atom stereocenters. The Morgan fingerprint density at radius 2 is 1.72 bits per heavy atom. The molecule has 1 aliphatic rings. The predicted molar refractivity (Wildman–Crippen MR) is 121 cm³/mol. The molecule has 6 nitrogen and oxygen atoms in total. The maximum absolute atomic E-state index is 12.8. The van der Waals surface area contributed by atoms with Crippen LogP contribution in [0.2, 0.25) is 0 Å². The van der Waals surface area contributed by atoms with Gasteiger partial charge in [0, 0.05) is 22.6 Å². The summed E-state index contributed by atoms with van der Waals surface area (Å²) in [4.78, 5) is 17.5. The van der Waals surface area contributed by atoms with E-state index in [1.54, 1.807) is 20.0 Å². The van der Waals surface area contributed by atoms with Crippen molar-refractivity contribution in [2.75, 3.05) is 0 Å². The number of carbonyl (C=O) groups excluding carboxylic acids is 1. The highest BCUT2D eigenvalue weighted by Crippen LogP contribution is 2.51. The number of ether oxygens (including phenoxy) is 1. The number of para-hydroxylation sites is 1. The summed E-state index contributed by atoms with van der Waals surface area (Å²) < 4.78 is 6.13. The molecule has 6 heteroatoms. The second kappa shape index (κ2) is 7.77. The molecule has 2 heterocycles. The monoisotopic (exact) mass is 427 g/mol. The Morgan fingerprint density at radius 1 is 1.03 bits per heavy atom. The van der Waals surface area contributed by atoms with Crippen LogP contribution in [0.3, 0.4) is 0 Å². The summed E-state index contributed by atoms with van der Waals surface area (Å²) in [5.74, 6) is 0.384. The van der Waals surface area contributed by atoms with Crippen LogP contribution in [0.15, 0.2) is 60.7 Å². The molecule has 2 N–H and O–H groups in total. The summed E-state index contributed by atoms with van der Waals surface area (Å²) in [6.45, 7) is 7.13. The van der Waals surface area contributed by atoms with Crippen molar-refractivity contribution in [1.82, 2.24) is 10.3 Å². The van der Waals surface area contributed by atoms with Gasteiger partial charge in [-0.1, -0.05) is 62.4 Å². The Bertz CT molecular complexity index is 1220. The van der Waals surface area contributed by atoms with Crippen LogP contribution in [0.1, 0.15) is 50.3 Å². The van der Waals surface area contributed by atoms with Crippen LogP contribution < -0.4 is 10.1 Å². The van der Waals surface area contributed by atoms with Crippen LogP contribution in [-0.4, -0.2) is 16.0 Å². The Hall–Kier alpha value is -3.69. The normalized spacial score (nSPS) is 15.1. The lowest BCUT2D eigenvalue weighted by atomic mass is 9.69.